The number of halogens is 4. The summed E-state index contributed by atoms with van der Waals surface area (Å²) in [7, 11) is 1.61. The molecule has 4 nitrogen and oxygen atoms in total. The van der Waals surface area contributed by atoms with E-state index in [1.165, 1.54) is 24.1 Å². The van der Waals surface area contributed by atoms with Crippen molar-refractivity contribution in [2.24, 2.45) is 5.41 Å². The Morgan fingerprint density at radius 2 is 1.73 bits per heavy atom. The second-order valence-electron chi connectivity index (χ2n) is 9.35. The van der Waals surface area contributed by atoms with E-state index in [-0.39, 0.29) is 34.5 Å². The Hall–Kier alpha value is -2.80. The van der Waals surface area contributed by atoms with E-state index in [9.17, 15) is 18.0 Å². The van der Waals surface area contributed by atoms with E-state index in [4.69, 9.17) is 11.6 Å². The topological polar surface area (TPSA) is 38.1 Å². The van der Waals surface area contributed by atoms with E-state index < -0.39 is 17.8 Å². The molecule has 0 atom stereocenters. The third-order valence-electron chi connectivity index (χ3n) is 5.20. The molecule has 0 aliphatic rings. The van der Waals surface area contributed by atoms with Gasteiger partial charge in [0, 0.05) is 31.9 Å². The maximum absolute atomic E-state index is 14.3. The smallest absolute Gasteiger partial charge is 0.340 e. The predicted molar refractivity (Wildman–Crippen MR) is 124 cm³/mol. The predicted octanol–water partition coefficient (Wildman–Crippen LogP) is 6.70. The van der Waals surface area contributed by atoms with Crippen LogP contribution in [0.25, 0.3) is 11.3 Å². The van der Waals surface area contributed by atoms with Crippen LogP contribution in [0, 0.1) is 12.3 Å². The van der Waals surface area contributed by atoms with Crippen molar-refractivity contribution in [1.29, 1.82) is 0 Å². The van der Waals surface area contributed by atoms with Crippen LogP contribution in [0.5, 0.6) is 0 Å². The lowest BCUT2D eigenvalue weighted by atomic mass is 9.96. The van der Waals surface area contributed by atoms with Crippen LogP contribution in [0.3, 0.4) is 0 Å². The van der Waals surface area contributed by atoms with Gasteiger partial charge >= 0.3 is 6.18 Å². The molecule has 0 bridgehead atoms. The lowest BCUT2D eigenvalue weighted by Gasteiger charge is -2.27. The molecule has 0 saturated carbocycles. The fourth-order valence-electron chi connectivity index (χ4n) is 4.06. The number of amides is 1. The number of pyridine rings is 1. The summed E-state index contributed by atoms with van der Waals surface area (Å²) in [5.74, 6) is -0.494. The molecule has 2 aromatic heterocycles. The summed E-state index contributed by atoms with van der Waals surface area (Å²) in [6.45, 7) is 7.55. The molecular weight excluding hydrogens is 451 g/mol. The molecule has 0 N–H and O–H groups in total. The molecule has 0 saturated heterocycles. The van der Waals surface area contributed by atoms with E-state index in [1.54, 1.807) is 43.4 Å². The van der Waals surface area contributed by atoms with Crippen LogP contribution in [0.2, 0.25) is 5.02 Å². The van der Waals surface area contributed by atoms with Crippen molar-refractivity contribution >= 4 is 17.5 Å². The molecule has 1 aromatic carbocycles. The van der Waals surface area contributed by atoms with Crippen molar-refractivity contribution < 1.29 is 18.0 Å². The molecule has 2 heterocycles. The standard InChI is InChI=1S/C25H27ClF3N3O/c1-16-20(19-12-11-18(26)13-30-19)21(23(33)31(5)15-24(2,3)4)32(22(16)25(27,28)29)14-17-9-7-6-8-10-17/h6-13H,14-15H2,1-5H3. The van der Waals surface area contributed by atoms with Gasteiger partial charge in [-0.1, -0.05) is 62.7 Å². The van der Waals surface area contributed by atoms with Crippen LogP contribution in [0.4, 0.5) is 13.2 Å². The van der Waals surface area contributed by atoms with Gasteiger partial charge in [-0.3, -0.25) is 9.78 Å². The normalized spacial score (nSPS) is 12.2. The summed E-state index contributed by atoms with van der Waals surface area (Å²) in [6.07, 6.45) is -3.30. The van der Waals surface area contributed by atoms with Gasteiger partial charge in [-0.15, -0.1) is 0 Å². The van der Waals surface area contributed by atoms with E-state index in [0.29, 0.717) is 17.1 Å². The molecule has 0 fully saturated rings. The second-order valence-corrected chi connectivity index (χ2v) is 9.79. The molecular formula is C25H27ClF3N3O. The zero-order chi connectivity index (χ0) is 24.6. The minimum atomic E-state index is -4.67. The fraction of sp³-hybridized carbons (Fsp3) is 0.360. The molecule has 176 valence electrons. The van der Waals surface area contributed by atoms with Gasteiger partial charge in [-0.25, -0.2) is 0 Å². The van der Waals surface area contributed by atoms with Crippen LogP contribution in [0.1, 0.15) is 48.1 Å². The monoisotopic (exact) mass is 477 g/mol. The van der Waals surface area contributed by atoms with Crippen LogP contribution in [0.15, 0.2) is 48.7 Å². The van der Waals surface area contributed by atoms with Gasteiger partial charge in [0.1, 0.15) is 11.4 Å². The fourth-order valence-corrected chi connectivity index (χ4v) is 4.17. The van der Waals surface area contributed by atoms with Gasteiger partial charge in [0.25, 0.3) is 5.91 Å². The Bertz CT molecular complexity index is 1130. The van der Waals surface area contributed by atoms with Crippen LogP contribution >= 0.6 is 11.6 Å². The minimum Gasteiger partial charge on any atom is -0.340 e. The Kier molecular flexibility index (Phi) is 6.93. The highest BCUT2D eigenvalue weighted by Crippen LogP contribution is 2.41. The third kappa shape index (κ3) is 5.58. The van der Waals surface area contributed by atoms with E-state index >= 15 is 0 Å². The number of alkyl halides is 3. The van der Waals surface area contributed by atoms with Gasteiger partial charge < -0.3 is 9.47 Å². The Morgan fingerprint density at radius 1 is 1.09 bits per heavy atom. The maximum Gasteiger partial charge on any atom is 0.431 e. The largest absolute Gasteiger partial charge is 0.431 e. The average molecular weight is 478 g/mol. The highest BCUT2D eigenvalue weighted by molar-refractivity contribution is 6.30. The molecule has 8 heteroatoms. The molecule has 0 spiro atoms. The van der Waals surface area contributed by atoms with Crippen LogP contribution in [-0.2, 0) is 12.7 Å². The summed E-state index contributed by atoms with van der Waals surface area (Å²) < 4.78 is 44.1. The molecule has 3 aromatic rings. The summed E-state index contributed by atoms with van der Waals surface area (Å²) in [5.41, 5.74) is -0.0813. The number of aromatic nitrogens is 2. The summed E-state index contributed by atoms with van der Waals surface area (Å²) >= 11 is 5.96. The minimum absolute atomic E-state index is 0.0368. The number of benzene rings is 1. The van der Waals surface area contributed by atoms with E-state index in [0.717, 1.165) is 4.57 Å². The van der Waals surface area contributed by atoms with Gasteiger partial charge in [0.2, 0.25) is 0 Å². The second kappa shape index (κ2) is 9.21. The highest BCUT2D eigenvalue weighted by atomic mass is 35.5. The van der Waals surface area contributed by atoms with Gasteiger partial charge in [-0.2, -0.15) is 13.2 Å². The van der Waals surface area contributed by atoms with Crippen LogP contribution < -0.4 is 0 Å². The molecule has 3 rings (SSSR count). The number of carbonyl (C=O) groups is 1. The molecule has 0 aliphatic heterocycles. The summed E-state index contributed by atoms with van der Waals surface area (Å²) in [6, 6.07) is 11.9. The number of hydrogen-bond donors (Lipinski definition) is 0. The summed E-state index contributed by atoms with van der Waals surface area (Å²) in [4.78, 5) is 19.4. The first kappa shape index (κ1) is 24.8. The van der Waals surface area contributed by atoms with Gasteiger partial charge in [0.15, 0.2) is 0 Å². The zero-order valence-electron chi connectivity index (χ0n) is 19.3. The van der Waals surface area contributed by atoms with E-state index in [2.05, 4.69) is 4.98 Å². The third-order valence-corrected chi connectivity index (χ3v) is 5.43. The van der Waals surface area contributed by atoms with Crippen molar-refractivity contribution in [2.45, 2.75) is 40.4 Å². The molecule has 1 amide bonds. The Balaban J connectivity index is 2.32. The zero-order valence-corrected chi connectivity index (χ0v) is 20.1. The van der Waals surface area contributed by atoms with Crippen molar-refractivity contribution in [3.05, 3.63) is 76.2 Å². The number of carbonyl (C=O) groups excluding carboxylic acids is 1. The maximum atomic E-state index is 14.3. The number of nitrogens with zero attached hydrogens (tertiary/aromatic N) is 3. The van der Waals surface area contributed by atoms with Crippen LogP contribution in [-0.4, -0.2) is 34.0 Å². The highest BCUT2D eigenvalue weighted by Gasteiger charge is 2.42. The average Bonchev–Trinajstić information content (AvgIpc) is 2.99. The van der Waals surface area contributed by atoms with Gasteiger partial charge in [0.05, 0.1) is 10.7 Å². The first-order valence-electron chi connectivity index (χ1n) is 10.5. The Labute approximate surface area is 197 Å². The van der Waals surface area contributed by atoms with E-state index in [1.807, 2.05) is 20.8 Å². The SMILES string of the molecule is Cc1c(-c2ccc(Cl)cn2)c(C(=O)N(C)CC(C)(C)C)n(Cc2ccccc2)c1C(F)(F)F. The quantitative estimate of drug-likeness (QED) is 0.410. The molecule has 0 radical (unpaired) electrons. The number of hydrogen-bond acceptors (Lipinski definition) is 2. The van der Waals surface area contributed by atoms with Crippen molar-refractivity contribution in [2.75, 3.05) is 13.6 Å². The first-order chi connectivity index (χ1) is 15.3. The van der Waals surface area contributed by atoms with Crippen molar-refractivity contribution in [3.63, 3.8) is 0 Å². The lowest BCUT2D eigenvalue weighted by Crippen LogP contribution is -2.36. The first-order valence-corrected chi connectivity index (χ1v) is 10.9. The van der Waals surface area contributed by atoms with Gasteiger partial charge in [-0.05, 0) is 35.6 Å². The number of rotatable bonds is 5. The molecule has 33 heavy (non-hydrogen) atoms. The van der Waals surface area contributed by atoms with Crippen molar-refractivity contribution in [1.82, 2.24) is 14.5 Å². The lowest BCUT2D eigenvalue weighted by molar-refractivity contribution is -0.143. The van der Waals surface area contributed by atoms with Crippen molar-refractivity contribution in [3.8, 4) is 11.3 Å². The molecule has 0 aliphatic carbocycles. The summed E-state index contributed by atoms with van der Waals surface area (Å²) in [5, 5.41) is 0.355. The molecule has 0 unspecified atom stereocenters. The Morgan fingerprint density at radius 3 is 2.24 bits per heavy atom.